The Hall–Kier alpha value is -1.89. The molecule has 3 heterocycles. The number of hydrogen-bond donors (Lipinski definition) is 0. The van der Waals surface area contributed by atoms with Crippen molar-refractivity contribution in [3.63, 3.8) is 0 Å². The molecular formula is C17H27N5O2. The first-order chi connectivity index (χ1) is 11.4. The third-order valence-electron chi connectivity index (χ3n) is 4.45. The number of carbonyl (C=O) groups excluding carboxylic acids is 1. The fourth-order valence-electron chi connectivity index (χ4n) is 3.04. The van der Waals surface area contributed by atoms with Crippen LogP contribution in [0.15, 0.2) is 12.3 Å². The first-order valence-electron chi connectivity index (χ1n) is 8.65. The molecule has 0 saturated carbocycles. The van der Waals surface area contributed by atoms with Crippen molar-refractivity contribution >= 4 is 17.7 Å². The van der Waals surface area contributed by atoms with E-state index in [-0.39, 0.29) is 11.3 Å². The molecule has 24 heavy (non-hydrogen) atoms. The molecule has 2 aliphatic heterocycles. The Morgan fingerprint density at radius 2 is 1.71 bits per heavy atom. The van der Waals surface area contributed by atoms with E-state index in [0.29, 0.717) is 0 Å². The number of hydrogen-bond acceptors (Lipinski definition) is 6. The number of ether oxygens (including phenoxy) is 1. The average molecular weight is 333 g/mol. The van der Waals surface area contributed by atoms with E-state index in [9.17, 15) is 4.79 Å². The van der Waals surface area contributed by atoms with Gasteiger partial charge in [0.2, 0.25) is 11.9 Å². The Kier molecular flexibility index (Phi) is 4.89. The standard InChI is InChI=1S/C17H27N5O2/c1-17(2,3)15(23)21-8-6-20(7-9-21)14-4-5-18-16(19-14)22-10-12-24-13-11-22/h4-5H,6-13H2,1-3H3. The molecule has 7 heteroatoms. The minimum Gasteiger partial charge on any atom is -0.378 e. The first kappa shape index (κ1) is 17.0. The topological polar surface area (TPSA) is 61.8 Å². The number of morpholine rings is 1. The van der Waals surface area contributed by atoms with E-state index in [1.807, 2.05) is 37.9 Å². The van der Waals surface area contributed by atoms with Crippen LogP contribution in [-0.2, 0) is 9.53 Å². The second-order valence-corrected chi connectivity index (χ2v) is 7.34. The van der Waals surface area contributed by atoms with Crippen LogP contribution in [-0.4, -0.2) is 73.3 Å². The highest BCUT2D eigenvalue weighted by Crippen LogP contribution is 2.21. The molecule has 0 atom stereocenters. The van der Waals surface area contributed by atoms with E-state index in [1.54, 1.807) is 0 Å². The molecule has 1 amide bonds. The highest BCUT2D eigenvalue weighted by atomic mass is 16.5. The van der Waals surface area contributed by atoms with Crippen LogP contribution in [0.5, 0.6) is 0 Å². The summed E-state index contributed by atoms with van der Waals surface area (Å²) >= 11 is 0. The molecule has 132 valence electrons. The molecule has 0 unspecified atom stereocenters. The smallest absolute Gasteiger partial charge is 0.228 e. The lowest BCUT2D eigenvalue weighted by molar-refractivity contribution is -0.139. The number of amides is 1. The van der Waals surface area contributed by atoms with Crippen molar-refractivity contribution in [2.75, 3.05) is 62.3 Å². The molecular weight excluding hydrogens is 306 g/mol. The van der Waals surface area contributed by atoms with Crippen LogP contribution in [0.3, 0.4) is 0 Å². The molecule has 0 radical (unpaired) electrons. The minimum absolute atomic E-state index is 0.221. The molecule has 2 saturated heterocycles. The molecule has 0 aliphatic carbocycles. The van der Waals surface area contributed by atoms with Gasteiger partial charge >= 0.3 is 0 Å². The van der Waals surface area contributed by atoms with Crippen LogP contribution in [0.1, 0.15) is 20.8 Å². The van der Waals surface area contributed by atoms with Crippen molar-refractivity contribution in [3.8, 4) is 0 Å². The monoisotopic (exact) mass is 333 g/mol. The van der Waals surface area contributed by atoms with E-state index in [1.165, 1.54) is 0 Å². The molecule has 1 aromatic rings. The highest BCUT2D eigenvalue weighted by molar-refractivity contribution is 5.81. The highest BCUT2D eigenvalue weighted by Gasteiger charge is 2.30. The lowest BCUT2D eigenvalue weighted by Crippen LogP contribution is -2.52. The summed E-state index contributed by atoms with van der Waals surface area (Å²) in [4.78, 5) is 27.9. The summed E-state index contributed by atoms with van der Waals surface area (Å²) in [6.45, 7) is 12.1. The maximum absolute atomic E-state index is 12.4. The predicted molar refractivity (Wildman–Crippen MR) is 93.3 cm³/mol. The quantitative estimate of drug-likeness (QED) is 0.805. The molecule has 0 spiro atoms. The SMILES string of the molecule is CC(C)(C)C(=O)N1CCN(c2ccnc(N3CCOCC3)n2)CC1. The normalized spacial score (nSPS) is 19.5. The Labute approximate surface area is 143 Å². The fourth-order valence-corrected chi connectivity index (χ4v) is 3.04. The van der Waals surface area contributed by atoms with Gasteiger partial charge in [0.15, 0.2) is 0 Å². The van der Waals surface area contributed by atoms with Gasteiger partial charge < -0.3 is 19.4 Å². The number of rotatable bonds is 2. The van der Waals surface area contributed by atoms with Crippen molar-refractivity contribution in [1.82, 2.24) is 14.9 Å². The van der Waals surface area contributed by atoms with Gasteiger partial charge in [-0.3, -0.25) is 4.79 Å². The van der Waals surface area contributed by atoms with Crippen LogP contribution in [0.4, 0.5) is 11.8 Å². The second kappa shape index (κ2) is 6.93. The Bertz CT molecular complexity index is 573. The number of aromatic nitrogens is 2. The van der Waals surface area contributed by atoms with Crippen LogP contribution in [0, 0.1) is 5.41 Å². The van der Waals surface area contributed by atoms with Crippen LogP contribution in [0.2, 0.25) is 0 Å². The van der Waals surface area contributed by atoms with Gasteiger partial charge in [0.1, 0.15) is 5.82 Å². The van der Waals surface area contributed by atoms with E-state index < -0.39 is 0 Å². The van der Waals surface area contributed by atoms with Gasteiger partial charge in [-0.25, -0.2) is 4.98 Å². The zero-order chi connectivity index (χ0) is 17.2. The summed E-state index contributed by atoms with van der Waals surface area (Å²) in [5.41, 5.74) is -0.319. The molecule has 7 nitrogen and oxygen atoms in total. The number of piperazine rings is 1. The lowest BCUT2D eigenvalue weighted by Gasteiger charge is -2.38. The van der Waals surface area contributed by atoms with Gasteiger partial charge in [0.05, 0.1) is 13.2 Å². The second-order valence-electron chi connectivity index (χ2n) is 7.34. The maximum Gasteiger partial charge on any atom is 0.228 e. The van der Waals surface area contributed by atoms with E-state index in [2.05, 4.69) is 14.8 Å². The lowest BCUT2D eigenvalue weighted by atomic mass is 9.94. The summed E-state index contributed by atoms with van der Waals surface area (Å²) in [6, 6.07) is 1.95. The van der Waals surface area contributed by atoms with E-state index in [4.69, 9.17) is 9.72 Å². The van der Waals surface area contributed by atoms with Crippen LogP contribution >= 0.6 is 0 Å². The van der Waals surface area contributed by atoms with Crippen LogP contribution < -0.4 is 9.80 Å². The van der Waals surface area contributed by atoms with Crippen molar-refractivity contribution in [3.05, 3.63) is 12.3 Å². The maximum atomic E-state index is 12.4. The van der Waals surface area contributed by atoms with Crippen LogP contribution in [0.25, 0.3) is 0 Å². The number of nitrogens with zero attached hydrogens (tertiary/aromatic N) is 5. The predicted octanol–water partition coefficient (Wildman–Crippen LogP) is 1.01. The number of carbonyl (C=O) groups is 1. The largest absolute Gasteiger partial charge is 0.378 e. The molecule has 0 aromatic carbocycles. The average Bonchev–Trinajstić information content (AvgIpc) is 2.61. The van der Waals surface area contributed by atoms with Gasteiger partial charge in [0, 0.05) is 50.9 Å². The Balaban J connectivity index is 1.63. The molecule has 2 aliphatic rings. The minimum atomic E-state index is -0.319. The van der Waals surface area contributed by atoms with E-state index in [0.717, 1.165) is 64.2 Å². The van der Waals surface area contributed by atoms with Gasteiger partial charge in [-0.05, 0) is 6.07 Å². The van der Waals surface area contributed by atoms with Gasteiger partial charge in [0.25, 0.3) is 0 Å². The van der Waals surface area contributed by atoms with Gasteiger partial charge in [-0.1, -0.05) is 20.8 Å². The molecule has 0 bridgehead atoms. The van der Waals surface area contributed by atoms with Crippen molar-refractivity contribution in [1.29, 1.82) is 0 Å². The molecule has 0 N–H and O–H groups in total. The summed E-state index contributed by atoms with van der Waals surface area (Å²) < 4.78 is 5.38. The summed E-state index contributed by atoms with van der Waals surface area (Å²) in [5.74, 6) is 1.93. The molecule has 1 aromatic heterocycles. The van der Waals surface area contributed by atoms with Gasteiger partial charge in [-0.15, -0.1) is 0 Å². The summed E-state index contributed by atoms with van der Waals surface area (Å²) in [7, 11) is 0. The zero-order valence-corrected chi connectivity index (χ0v) is 14.9. The Morgan fingerprint density at radius 3 is 2.33 bits per heavy atom. The van der Waals surface area contributed by atoms with Crippen molar-refractivity contribution < 1.29 is 9.53 Å². The zero-order valence-electron chi connectivity index (χ0n) is 14.9. The van der Waals surface area contributed by atoms with Gasteiger partial charge in [-0.2, -0.15) is 4.98 Å². The van der Waals surface area contributed by atoms with Crippen molar-refractivity contribution in [2.24, 2.45) is 5.41 Å². The number of anilines is 2. The summed E-state index contributed by atoms with van der Waals surface area (Å²) in [6.07, 6.45) is 1.82. The van der Waals surface area contributed by atoms with Crippen molar-refractivity contribution in [2.45, 2.75) is 20.8 Å². The summed E-state index contributed by atoms with van der Waals surface area (Å²) in [5, 5.41) is 0. The first-order valence-corrected chi connectivity index (χ1v) is 8.65. The fraction of sp³-hybridized carbons (Fsp3) is 0.706. The van der Waals surface area contributed by atoms with E-state index >= 15 is 0 Å². The third-order valence-corrected chi connectivity index (χ3v) is 4.45. The molecule has 3 rings (SSSR count). The Morgan fingerprint density at radius 1 is 1.04 bits per heavy atom. The third kappa shape index (κ3) is 3.77. The molecule has 2 fully saturated rings.